The van der Waals surface area contributed by atoms with E-state index in [1.54, 1.807) is 0 Å². The third-order valence-electron chi connectivity index (χ3n) is 4.70. The van der Waals surface area contributed by atoms with E-state index >= 15 is 0 Å². The van der Waals surface area contributed by atoms with E-state index in [9.17, 15) is 5.11 Å². The Bertz CT molecular complexity index is 447. The van der Waals surface area contributed by atoms with Gasteiger partial charge < -0.3 is 10.4 Å². The van der Waals surface area contributed by atoms with E-state index in [1.165, 1.54) is 41.5 Å². The molecule has 0 bridgehead atoms. The summed E-state index contributed by atoms with van der Waals surface area (Å²) in [6.07, 6.45) is 7.26. The molecular formula is C16H23NO. The molecule has 1 saturated heterocycles. The number of fused-ring (bicyclic) bond motifs is 1. The Morgan fingerprint density at radius 2 is 1.89 bits per heavy atom. The first-order valence-electron chi connectivity index (χ1n) is 7.32. The summed E-state index contributed by atoms with van der Waals surface area (Å²) in [6, 6.07) is 2.05. The number of piperidine rings is 1. The van der Waals surface area contributed by atoms with Gasteiger partial charge in [0.25, 0.3) is 0 Å². The number of aryl methyl sites for hydroxylation is 1. The average molecular weight is 245 g/mol. The first kappa shape index (κ1) is 12.0. The van der Waals surface area contributed by atoms with Crippen LogP contribution in [0.1, 0.15) is 53.9 Å². The Morgan fingerprint density at radius 3 is 2.67 bits per heavy atom. The van der Waals surface area contributed by atoms with Gasteiger partial charge in [-0.1, -0.05) is 0 Å². The molecule has 3 rings (SSSR count). The van der Waals surface area contributed by atoms with Gasteiger partial charge in [-0.3, -0.25) is 0 Å². The molecule has 1 aromatic rings. The maximum Gasteiger partial charge on any atom is 0.119 e. The third kappa shape index (κ3) is 2.03. The molecule has 2 heteroatoms. The van der Waals surface area contributed by atoms with E-state index in [0.717, 1.165) is 32.4 Å². The lowest BCUT2D eigenvalue weighted by Crippen LogP contribution is -2.27. The predicted molar refractivity (Wildman–Crippen MR) is 74.3 cm³/mol. The van der Waals surface area contributed by atoms with Crippen LogP contribution >= 0.6 is 0 Å². The summed E-state index contributed by atoms with van der Waals surface area (Å²) in [5, 5.41) is 13.8. The lowest BCUT2D eigenvalue weighted by atomic mass is 9.80. The van der Waals surface area contributed by atoms with Crippen molar-refractivity contribution in [1.82, 2.24) is 5.32 Å². The summed E-state index contributed by atoms with van der Waals surface area (Å²) in [6.45, 7) is 4.39. The summed E-state index contributed by atoms with van der Waals surface area (Å²) in [4.78, 5) is 0. The van der Waals surface area contributed by atoms with E-state index in [0.29, 0.717) is 11.7 Å². The summed E-state index contributed by atoms with van der Waals surface area (Å²) in [5.74, 6) is 1.11. The Morgan fingerprint density at radius 1 is 1.17 bits per heavy atom. The van der Waals surface area contributed by atoms with E-state index in [2.05, 4.69) is 18.3 Å². The fourth-order valence-electron chi connectivity index (χ4n) is 3.74. The summed E-state index contributed by atoms with van der Waals surface area (Å²) in [7, 11) is 0. The molecule has 0 aromatic heterocycles. The Hall–Kier alpha value is -1.02. The molecule has 2 N–H and O–H groups in total. The Labute approximate surface area is 109 Å². The predicted octanol–water partition coefficient (Wildman–Crippen LogP) is 3.05. The maximum atomic E-state index is 10.4. The van der Waals surface area contributed by atoms with Crippen molar-refractivity contribution in [1.29, 1.82) is 0 Å². The standard InChI is InChI=1S/C16H23NO/c1-11-14-5-3-2-4-13(14)10-15(18)16(11)12-6-8-17-9-7-12/h10,12,17-18H,2-9H2,1H3. The van der Waals surface area contributed by atoms with Crippen molar-refractivity contribution in [3.8, 4) is 5.75 Å². The smallest absolute Gasteiger partial charge is 0.119 e. The van der Waals surface area contributed by atoms with Crippen LogP contribution < -0.4 is 5.32 Å². The molecule has 1 aliphatic heterocycles. The maximum absolute atomic E-state index is 10.4. The van der Waals surface area contributed by atoms with E-state index in [4.69, 9.17) is 0 Å². The number of phenols is 1. The highest BCUT2D eigenvalue weighted by atomic mass is 16.3. The largest absolute Gasteiger partial charge is 0.508 e. The zero-order chi connectivity index (χ0) is 12.5. The Kier molecular flexibility index (Phi) is 3.29. The first-order chi connectivity index (χ1) is 8.77. The minimum Gasteiger partial charge on any atom is -0.508 e. The molecule has 98 valence electrons. The number of rotatable bonds is 1. The number of benzene rings is 1. The van der Waals surface area contributed by atoms with Gasteiger partial charge in [-0.05, 0) is 87.2 Å². The zero-order valence-corrected chi connectivity index (χ0v) is 11.3. The third-order valence-corrected chi connectivity index (χ3v) is 4.70. The van der Waals surface area contributed by atoms with Crippen molar-refractivity contribution in [3.05, 3.63) is 28.3 Å². The van der Waals surface area contributed by atoms with Crippen LogP contribution in [0, 0.1) is 6.92 Å². The minimum absolute atomic E-state index is 0.554. The van der Waals surface area contributed by atoms with Crippen molar-refractivity contribution in [2.45, 2.75) is 51.4 Å². The lowest BCUT2D eigenvalue weighted by Gasteiger charge is -2.28. The normalized spacial score (nSPS) is 20.7. The molecule has 0 atom stereocenters. The SMILES string of the molecule is Cc1c2c(cc(O)c1C1CCNCC1)CCCC2. The fraction of sp³-hybridized carbons (Fsp3) is 0.625. The minimum atomic E-state index is 0.554. The molecule has 1 heterocycles. The van der Waals surface area contributed by atoms with Crippen LogP contribution in [-0.2, 0) is 12.8 Å². The molecular weight excluding hydrogens is 222 g/mol. The monoisotopic (exact) mass is 245 g/mol. The number of nitrogens with one attached hydrogen (secondary N) is 1. The Balaban J connectivity index is 2.02. The fourth-order valence-corrected chi connectivity index (χ4v) is 3.74. The van der Waals surface area contributed by atoms with Crippen LogP contribution in [0.25, 0.3) is 0 Å². The molecule has 2 nitrogen and oxygen atoms in total. The van der Waals surface area contributed by atoms with E-state index in [1.807, 2.05) is 0 Å². The van der Waals surface area contributed by atoms with Crippen molar-refractivity contribution in [2.75, 3.05) is 13.1 Å². The van der Waals surface area contributed by atoms with Crippen molar-refractivity contribution >= 4 is 0 Å². The highest BCUT2D eigenvalue weighted by Gasteiger charge is 2.24. The number of aromatic hydroxyl groups is 1. The molecule has 0 spiro atoms. The van der Waals surface area contributed by atoms with Crippen LogP contribution in [-0.4, -0.2) is 18.2 Å². The second kappa shape index (κ2) is 4.93. The topological polar surface area (TPSA) is 32.3 Å². The molecule has 0 amide bonds. The van der Waals surface area contributed by atoms with E-state index in [-0.39, 0.29) is 0 Å². The molecule has 18 heavy (non-hydrogen) atoms. The lowest BCUT2D eigenvalue weighted by molar-refractivity contribution is 0.421. The van der Waals surface area contributed by atoms with Gasteiger partial charge in [0, 0.05) is 5.56 Å². The molecule has 2 aliphatic rings. The van der Waals surface area contributed by atoms with Gasteiger partial charge in [-0.25, -0.2) is 0 Å². The highest BCUT2D eigenvalue weighted by Crippen LogP contribution is 2.39. The van der Waals surface area contributed by atoms with Crippen molar-refractivity contribution in [2.24, 2.45) is 0 Å². The van der Waals surface area contributed by atoms with Crippen molar-refractivity contribution < 1.29 is 5.11 Å². The summed E-state index contributed by atoms with van der Waals surface area (Å²) < 4.78 is 0. The van der Waals surface area contributed by atoms with Gasteiger partial charge in [-0.15, -0.1) is 0 Å². The summed E-state index contributed by atoms with van der Waals surface area (Å²) in [5.41, 5.74) is 5.57. The van der Waals surface area contributed by atoms with Crippen LogP contribution in [0.15, 0.2) is 6.07 Å². The molecule has 0 saturated carbocycles. The number of hydrogen-bond acceptors (Lipinski definition) is 2. The molecule has 1 fully saturated rings. The molecule has 0 unspecified atom stereocenters. The highest BCUT2D eigenvalue weighted by molar-refractivity contribution is 5.51. The van der Waals surface area contributed by atoms with Crippen LogP contribution in [0.4, 0.5) is 0 Å². The first-order valence-corrected chi connectivity index (χ1v) is 7.32. The second-order valence-corrected chi connectivity index (χ2v) is 5.80. The number of phenolic OH excluding ortho intramolecular Hbond substituents is 1. The van der Waals surface area contributed by atoms with Crippen LogP contribution in [0.2, 0.25) is 0 Å². The van der Waals surface area contributed by atoms with Gasteiger partial charge in [0.1, 0.15) is 5.75 Å². The van der Waals surface area contributed by atoms with Crippen LogP contribution in [0.3, 0.4) is 0 Å². The second-order valence-electron chi connectivity index (χ2n) is 5.80. The van der Waals surface area contributed by atoms with Crippen molar-refractivity contribution in [3.63, 3.8) is 0 Å². The zero-order valence-electron chi connectivity index (χ0n) is 11.3. The molecule has 0 radical (unpaired) electrons. The average Bonchev–Trinajstić information content (AvgIpc) is 2.40. The number of hydrogen-bond donors (Lipinski definition) is 2. The molecule has 1 aromatic carbocycles. The quantitative estimate of drug-likeness (QED) is 0.797. The molecule has 1 aliphatic carbocycles. The van der Waals surface area contributed by atoms with Crippen LogP contribution in [0.5, 0.6) is 5.75 Å². The van der Waals surface area contributed by atoms with Gasteiger partial charge in [0.15, 0.2) is 0 Å². The van der Waals surface area contributed by atoms with Gasteiger partial charge >= 0.3 is 0 Å². The van der Waals surface area contributed by atoms with Gasteiger partial charge in [0.2, 0.25) is 0 Å². The van der Waals surface area contributed by atoms with E-state index < -0.39 is 0 Å². The van der Waals surface area contributed by atoms with Gasteiger partial charge in [-0.2, -0.15) is 0 Å². The van der Waals surface area contributed by atoms with Gasteiger partial charge in [0.05, 0.1) is 0 Å². The summed E-state index contributed by atoms with van der Waals surface area (Å²) >= 11 is 0.